The molecule has 0 saturated carbocycles. The number of hydrogen-bond donors (Lipinski definition) is 0. The zero-order chi connectivity index (χ0) is 26.1. The van der Waals surface area contributed by atoms with Crippen LogP contribution in [0.5, 0.6) is 0 Å². The number of halogens is 4. The zero-order valence-electron chi connectivity index (χ0n) is 20.3. The monoisotopic (exact) mass is 505 g/mol. The minimum absolute atomic E-state index is 0.00858. The van der Waals surface area contributed by atoms with Crippen LogP contribution in [0.2, 0.25) is 0 Å². The van der Waals surface area contributed by atoms with Crippen LogP contribution in [0, 0.1) is 12.7 Å². The lowest BCUT2D eigenvalue weighted by atomic mass is 10.0. The highest BCUT2D eigenvalue weighted by atomic mass is 19.1. The summed E-state index contributed by atoms with van der Waals surface area (Å²) in [7, 11) is 0. The van der Waals surface area contributed by atoms with Gasteiger partial charge in [0.15, 0.2) is 0 Å². The lowest BCUT2D eigenvalue weighted by Gasteiger charge is -2.30. The molecule has 12 heteroatoms. The Kier molecular flexibility index (Phi) is 6.96. The molecule has 2 aromatic heterocycles. The van der Waals surface area contributed by atoms with Crippen molar-refractivity contribution >= 4 is 11.9 Å². The predicted octanol–water partition coefficient (Wildman–Crippen LogP) is 3.74. The van der Waals surface area contributed by atoms with Gasteiger partial charge in [0.2, 0.25) is 5.95 Å². The Morgan fingerprint density at radius 2 is 1.92 bits per heavy atom. The number of nitrogens with zero attached hydrogens (tertiary/aromatic N) is 7. The zero-order valence-corrected chi connectivity index (χ0v) is 20.3. The molecule has 0 spiro atoms. The van der Waals surface area contributed by atoms with E-state index in [-0.39, 0.29) is 55.5 Å². The molecule has 4 rings (SSSR count). The van der Waals surface area contributed by atoms with Crippen LogP contribution < -0.4 is 4.90 Å². The first-order valence-corrected chi connectivity index (χ1v) is 11.5. The van der Waals surface area contributed by atoms with Crippen molar-refractivity contribution in [2.24, 2.45) is 0 Å². The van der Waals surface area contributed by atoms with Crippen molar-refractivity contribution in [3.05, 3.63) is 59.4 Å². The van der Waals surface area contributed by atoms with Gasteiger partial charge in [-0.2, -0.15) is 15.0 Å². The van der Waals surface area contributed by atoms with Gasteiger partial charge in [-0.05, 0) is 39.0 Å². The predicted molar refractivity (Wildman–Crippen MR) is 125 cm³/mol. The molecule has 1 atom stereocenters. The fourth-order valence-electron chi connectivity index (χ4n) is 4.19. The maximum atomic E-state index is 16.0. The molecule has 3 aromatic rings. The van der Waals surface area contributed by atoms with Gasteiger partial charge in [-0.15, -0.1) is 0 Å². The van der Waals surface area contributed by atoms with E-state index in [1.165, 1.54) is 48.2 Å². The third-order valence-corrected chi connectivity index (χ3v) is 5.98. The number of likely N-dealkylation sites (tertiary alicyclic amines) is 1. The Labute approximate surface area is 205 Å². The Morgan fingerprint density at radius 3 is 2.58 bits per heavy atom. The first-order valence-electron chi connectivity index (χ1n) is 11.5. The number of amides is 1. The average Bonchev–Trinajstić information content (AvgIpc) is 3.48. The summed E-state index contributed by atoms with van der Waals surface area (Å²) in [6.07, 6.45) is 2.78. The Morgan fingerprint density at radius 1 is 1.19 bits per heavy atom. The van der Waals surface area contributed by atoms with Crippen LogP contribution in [0.3, 0.4) is 0 Å². The minimum atomic E-state index is -1.90. The van der Waals surface area contributed by atoms with Crippen LogP contribution in [0.1, 0.15) is 42.0 Å². The maximum absolute atomic E-state index is 16.0. The van der Waals surface area contributed by atoms with Gasteiger partial charge in [0.05, 0.1) is 36.7 Å². The largest absolute Gasteiger partial charge is 0.335 e. The standard InChI is InChI=1S/C24H27F4N7O/c1-16-12-20(23(2,3)27)32-22(31-16)34(11-7-25)15-24(28)6-10-33(14-24)21(36)18-5-4-17(26)13-19(18)35-29-8-9-30-35/h4-5,8-9,12-13H,6-7,10-11,14-15H2,1-3H3/t24-/m0/s1. The van der Waals surface area contributed by atoms with Crippen molar-refractivity contribution < 1.29 is 22.4 Å². The third kappa shape index (κ3) is 5.47. The first-order chi connectivity index (χ1) is 17.0. The van der Waals surface area contributed by atoms with Crippen molar-refractivity contribution in [3.63, 3.8) is 0 Å². The number of aryl methyl sites for hydroxylation is 1. The molecular formula is C24H27F4N7O. The summed E-state index contributed by atoms with van der Waals surface area (Å²) >= 11 is 0. The normalized spacial score (nSPS) is 18.0. The topological polar surface area (TPSA) is 80.0 Å². The molecule has 3 heterocycles. The van der Waals surface area contributed by atoms with Crippen LogP contribution in [0.15, 0.2) is 36.7 Å². The van der Waals surface area contributed by atoms with Gasteiger partial charge < -0.3 is 9.80 Å². The summed E-state index contributed by atoms with van der Waals surface area (Å²) in [5, 5.41) is 7.92. The molecule has 0 unspecified atom stereocenters. The number of carbonyl (C=O) groups is 1. The second-order valence-electron chi connectivity index (χ2n) is 9.39. The van der Waals surface area contributed by atoms with Gasteiger partial charge in [-0.25, -0.2) is 27.5 Å². The number of benzene rings is 1. The van der Waals surface area contributed by atoms with E-state index in [1.54, 1.807) is 6.92 Å². The summed E-state index contributed by atoms with van der Waals surface area (Å²) in [5.74, 6) is -1.05. The molecule has 1 amide bonds. The molecule has 1 fully saturated rings. The van der Waals surface area contributed by atoms with E-state index in [9.17, 15) is 18.0 Å². The Hall–Kier alpha value is -3.57. The van der Waals surface area contributed by atoms with Gasteiger partial charge in [0.1, 0.15) is 29.5 Å². The lowest BCUT2D eigenvalue weighted by Crippen LogP contribution is -2.44. The molecule has 1 aliphatic heterocycles. The highest BCUT2D eigenvalue weighted by Gasteiger charge is 2.43. The summed E-state index contributed by atoms with van der Waals surface area (Å²) < 4.78 is 57.8. The van der Waals surface area contributed by atoms with Crippen molar-refractivity contribution in [2.45, 2.75) is 38.5 Å². The van der Waals surface area contributed by atoms with E-state index in [0.29, 0.717) is 5.69 Å². The number of aromatic nitrogens is 5. The molecule has 1 aromatic carbocycles. The fraction of sp³-hybridized carbons (Fsp3) is 0.458. The second-order valence-corrected chi connectivity index (χ2v) is 9.39. The maximum Gasteiger partial charge on any atom is 0.256 e. The number of rotatable bonds is 8. The van der Waals surface area contributed by atoms with Crippen LogP contribution in [-0.2, 0) is 5.67 Å². The third-order valence-electron chi connectivity index (χ3n) is 5.98. The highest BCUT2D eigenvalue weighted by molar-refractivity contribution is 5.98. The molecule has 36 heavy (non-hydrogen) atoms. The van der Waals surface area contributed by atoms with Crippen molar-refractivity contribution in [1.29, 1.82) is 0 Å². The molecule has 0 N–H and O–H groups in total. The lowest BCUT2D eigenvalue weighted by molar-refractivity contribution is 0.0754. The van der Waals surface area contributed by atoms with Gasteiger partial charge in [-0.3, -0.25) is 4.79 Å². The van der Waals surface area contributed by atoms with Crippen LogP contribution >= 0.6 is 0 Å². The minimum Gasteiger partial charge on any atom is -0.335 e. The second kappa shape index (κ2) is 9.82. The van der Waals surface area contributed by atoms with Crippen LogP contribution in [0.25, 0.3) is 5.69 Å². The molecule has 0 aliphatic carbocycles. The molecule has 1 aliphatic rings. The van der Waals surface area contributed by atoms with E-state index in [0.717, 1.165) is 16.9 Å². The molecule has 1 saturated heterocycles. The van der Waals surface area contributed by atoms with Crippen LogP contribution in [0.4, 0.5) is 23.5 Å². The van der Waals surface area contributed by atoms with Crippen molar-refractivity contribution in [2.75, 3.05) is 37.8 Å². The summed E-state index contributed by atoms with van der Waals surface area (Å²) in [6, 6.07) is 5.08. The van der Waals surface area contributed by atoms with Crippen molar-refractivity contribution in [1.82, 2.24) is 29.9 Å². The first kappa shape index (κ1) is 25.5. The van der Waals surface area contributed by atoms with E-state index in [1.807, 2.05) is 0 Å². The summed E-state index contributed by atoms with van der Waals surface area (Å²) in [5.41, 5.74) is -2.82. The van der Waals surface area contributed by atoms with Gasteiger partial charge in [-0.1, -0.05) is 0 Å². The highest BCUT2D eigenvalue weighted by Crippen LogP contribution is 2.31. The van der Waals surface area contributed by atoms with E-state index >= 15 is 4.39 Å². The van der Waals surface area contributed by atoms with E-state index in [2.05, 4.69) is 20.2 Å². The Bertz CT molecular complexity index is 1230. The number of alkyl halides is 3. The number of anilines is 1. The van der Waals surface area contributed by atoms with Gasteiger partial charge in [0, 0.05) is 31.3 Å². The molecule has 8 nitrogen and oxygen atoms in total. The molecule has 0 bridgehead atoms. The Balaban J connectivity index is 1.56. The van der Waals surface area contributed by atoms with E-state index < -0.39 is 29.7 Å². The molecule has 0 radical (unpaired) electrons. The van der Waals surface area contributed by atoms with Crippen molar-refractivity contribution in [3.8, 4) is 5.69 Å². The van der Waals surface area contributed by atoms with E-state index in [4.69, 9.17) is 0 Å². The summed E-state index contributed by atoms with van der Waals surface area (Å²) in [6.45, 7) is 2.90. The van der Waals surface area contributed by atoms with Gasteiger partial charge in [0.25, 0.3) is 5.91 Å². The average molecular weight is 506 g/mol. The number of hydrogen-bond acceptors (Lipinski definition) is 6. The smallest absolute Gasteiger partial charge is 0.256 e. The van der Waals surface area contributed by atoms with Crippen LogP contribution in [-0.4, -0.2) is 74.3 Å². The quantitative estimate of drug-likeness (QED) is 0.434. The fourth-order valence-corrected chi connectivity index (χ4v) is 4.19. The summed E-state index contributed by atoms with van der Waals surface area (Å²) in [4.78, 5) is 25.5. The molecular weight excluding hydrogens is 478 g/mol. The SMILES string of the molecule is Cc1cc(C(C)(C)F)nc(N(CCF)C[C@]2(F)CCN(C(=O)c3ccc(F)cc3-n3nccn3)C2)n1. The van der Waals surface area contributed by atoms with Gasteiger partial charge >= 0.3 is 0 Å². The molecule has 192 valence electrons. The number of carbonyl (C=O) groups excluding carboxylic acids is 1.